The Labute approximate surface area is 164 Å². The SMILES string of the molecule is CCCCCCCC/C=C\CCCCCCCC(=O)N(C(C)C)C(C)C. The van der Waals surface area contributed by atoms with Crippen LogP contribution < -0.4 is 0 Å². The van der Waals surface area contributed by atoms with Gasteiger partial charge in [-0.25, -0.2) is 0 Å². The minimum atomic E-state index is 0.311. The number of rotatable bonds is 17. The fraction of sp³-hybridized carbons (Fsp3) is 0.875. The number of amides is 1. The topological polar surface area (TPSA) is 20.3 Å². The fourth-order valence-corrected chi connectivity index (χ4v) is 3.65. The van der Waals surface area contributed by atoms with Gasteiger partial charge in [0, 0.05) is 18.5 Å². The van der Waals surface area contributed by atoms with E-state index in [1.807, 2.05) is 4.90 Å². The number of hydrogen-bond donors (Lipinski definition) is 0. The van der Waals surface area contributed by atoms with Crippen LogP contribution >= 0.6 is 0 Å². The second-order valence-electron chi connectivity index (χ2n) is 8.32. The van der Waals surface area contributed by atoms with Crippen molar-refractivity contribution < 1.29 is 4.79 Å². The summed E-state index contributed by atoms with van der Waals surface area (Å²) >= 11 is 0. The number of unbranched alkanes of at least 4 members (excludes halogenated alkanes) is 11. The molecule has 26 heavy (non-hydrogen) atoms. The number of carbonyl (C=O) groups excluding carboxylic acids is 1. The van der Waals surface area contributed by atoms with Crippen LogP contribution in [0.3, 0.4) is 0 Å². The monoisotopic (exact) mass is 365 g/mol. The van der Waals surface area contributed by atoms with Crippen LogP contribution in [0.25, 0.3) is 0 Å². The van der Waals surface area contributed by atoms with Crippen LogP contribution in [0, 0.1) is 0 Å². The molecule has 0 saturated heterocycles. The lowest BCUT2D eigenvalue weighted by Crippen LogP contribution is -2.41. The van der Waals surface area contributed by atoms with Crippen molar-refractivity contribution in [1.29, 1.82) is 0 Å². The van der Waals surface area contributed by atoms with Gasteiger partial charge in [0.15, 0.2) is 0 Å². The highest BCUT2D eigenvalue weighted by Gasteiger charge is 2.18. The zero-order chi connectivity index (χ0) is 19.6. The standard InChI is InChI=1S/C24H47NO/c1-6-7-8-9-10-11-12-13-14-15-16-17-18-19-20-21-24(26)25(22(2)3)23(4)5/h13-14,22-23H,6-12,15-21H2,1-5H3/b14-13-. The van der Waals surface area contributed by atoms with E-state index in [9.17, 15) is 4.79 Å². The average molecular weight is 366 g/mol. The van der Waals surface area contributed by atoms with Crippen LogP contribution in [-0.4, -0.2) is 22.9 Å². The molecule has 0 aliphatic carbocycles. The lowest BCUT2D eigenvalue weighted by molar-refractivity contribution is -0.134. The van der Waals surface area contributed by atoms with Crippen molar-refractivity contribution in [3.63, 3.8) is 0 Å². The van der Waals surface area contributed by atoms with Crippen molar-refractivity contribution in [2.75, 3.05) is 0 Å². The maximum absolute atomic E-state index is 12.3. The van der Waals surface area contributed by atoms with Gasteiger partial charge in [0.25, 0.3) is 0 Å². The first-order chi connectivity index (χ1) is 12.5. The van der Waals surface area contributed by atoms with E-state index < -0.39 is 0 Å². The molecule has 0 aromatic heterocycles. The van der Waals surface area contributed by atoms with Crippen LogP contribution in [0.2, 0.25) is 0 Å². The molecule has 0 spiro atoms. The molecule has 0 heterocycles. The predicted octanol–water partition coefficient (Wildman–Crippen LogP) is 7.67. The molecule has 0 atom stereocenters. The Kier molecular flexibility index (Phi) is 17.1. The molecule has 2 nitrogen and oxygen atoms in total. The zero-order valence-corrected chi connectivity index (χ0v) is 18.6. The number of nitrogens with zero attached hydrogens (tertiary/aromatic N) is 1. The summed E-state index contributed by atoms with van der Waals surface area (Å²) in [6, 6.07) is 0.622. The Morgan fingerprint density at radius 2 is 1.12 bits per heavy atom. The molecule has 154 valence electrons. The van der Waals surface area contributed by atoms with E-state index in [0.717, 1.165) is 6.42 Å². The smallest absolute Gasteiger partial charge is 0.223 e. The highest BCUT2D eigenvalue weighted by atomic mass is 16.2. The van der Waals surface area contributed by atoms with Gasteiger partial charge in [-0.2, -0.15) is 0 Å². The summed E-state index contributed by atoms with van der Waals surface area (Å²) in [5.74, 6) is 0.327. The maximum atomic E-state index is 12.3. The summed E-state index contributed by atoms with van der Waals surface area (Å²) in [7, 11) is 0. The molecule has 0 N–H and O–H groups in total. The minimum Gasteiger partial charge on any atom is -0.338 e. The Morgan fingerprint density at radius 1 is 0.692 bits per heavy atom. The van der Waals surface area contributed by atoms with Gasteiger partial charge < -0.3 is 4.90 Å². The molecule has 0 radical (unpaired) electrons. The van der Waals surface area contributed by atoms with Crippen LogP contribution in [0.1, 0.15) is 125 Å². The van der Waals surface area contributed by atoms with Crippen molar-refractivity contribution in [2.24, 2.45) is 0 Å². The third-order valence-electron chi connectivity index (χ3n) is 5.05. The highest BCUT2D eigenvalue weighted by Crippen LogP contribution is 2.13. The van der Waals surface area contributed by atoms with Crippen LogP contribution in [-0.2, 0) is 4.79 Å². The van der Waals surface area contributed by atoms with E-state index in [0.29, 0.717) is 24.4 Å². The first-order valence-electron chi connectivity index (χ1n) is 11.5. The van der Waals surface area contributed by atoms with E-state index in [1.54, 1.807) is 0 Å². The van der Waals surface area contributed by atoms with Crippen LogP contribution in [0.5, 0.6) is 0 Å². The molecular formula is C24H47NO. The molecule has 0 aromatic rings. The Hall–Kier alpha value is -0.790. The van der Waals surface area contributed by atoms with E-state index in [1.165, 1.54) is 77.0 Å². The predicted molar refractivity (Wildman–Crippen MR) is 117 cm³/mol. The third-order valence-corrected chi connectivity index (χ3v) is 5.05. The number of allylic oxidation sites excluding steroid dienone is 2. The summed E-state index contributed by atoms with van der Waals surface area (Å²) in [5, 5.41) is 0. The summed E-state index contributed by atoms with van der Waals surface area (Å²) in [6.45, 7) is 10.7. The Morgan fingerprint density at radius 3 is 1.58 bits per heavy atom. The minimum absolute atomic E-state index is 0.311. The lowest BCUT2D eigenvalue weighted by atomic mass is 10.1. The maximum Gasteiger partial charge on any atom is 0.223 e. The van der Waals surface area contributed by atoms with E-state index in [-0.39, 0.29) is 0 Å². The van der Waals surface area contributed by atoms with Gasteiger partial charge in [-0.1, -0.05) is 70.4 Å². The van der Waals surface area contributed by atoms with Crippen molar-refractivity contribution in [3.8, 4) is 0 Å². The molecule has 0 unspecified atom stereocenters. The third kappa shape index (κ3) is 14.4. The van der Waals surface area contributed by atoms with Crippen LogP contribution in [0.15, 0.2) is 12.2 Å². The molecule has 0 saturated carbocycles. The molecule has 0 aromatic carbocycles. The first-order valence-corrected chi connectivity index (χ1v) is 11.5. The van der Waals surface area contributed by atoms with Gasteiger partial charge in [0.2, 0.25) is 5.91 Å². The van der Waals surface area contributed by atoms with Gasteiger partial charge in [-0.05, 0) is 59.8 Å². The average Bonchev–Trinajstić information content (AvgIpc) is 2.57. The molecule has 0 aliphatic rings. The van der Waals surface area contributed by atoms with Gasteiger partial charge >= 0.3 is 0 Å². The van der Waals surface area contributed by atoms with Crippen molar-refractivity contribution in [1.82, 2.24) is 4.90 Å². The van der Waals surface area contributed by atoms with E-state index in [4.69, 9.17) is 0 Å². The summed E-state index contributed by atoms with van der Waals surface area (Å²) in [4.78, 5) is 14.3. The lowest BCUT2D eigenvalue weighted by Gasteiger charge is -2.30. The normalized spacial score (nSPS) is 11.8. The summed E-state index contributed by atoms with van der Waals surface area (Å²) < 4.78 is 0. The van der Waals surface area contributed by atoms with Crippen LogP contribution in [0.4, 0.5) is 0 Å². The van der Waals surface area contributed by atoms with Gasteiger partial charge in [-0.3, -0.25) is 4.79 Å². The van der Waals surface area contributed by atoms with E-state index in [2.05, 4.69) is 46.8 Å². The zero-order valence-electron chi connectivity index (χ0n) is 18.6. The van der Waals surface area contributed by atoms with Gasteiger partial charge in [0.05, 0.1) is 0 Å². The van der Waals surface area contributed by atoms with Crippen molar-refractivity contribution in [3.05, 3.63) is 12.2 Å². The Bertz CT molecular complexity index is 338. The molecule has 0 bridgehead atoms. The molecule has 0 rings (SSSR count). The summed E-state index contributed by atoms with van der Waals surface area (Å²) in [6.07, 6.45) is 22.4. The quantitative estimate of drug-likeness (QED) is 0.191. The van der Waals surface area contributed by atoms with Crippen molar-refractivity contribution >= 4 is 5.91 Å². The number of carbonyl (C=O) groups is 1. The number of hydrogen-bond acceptors (Lipinski definition) is 1. The molecule has 1 amide bonds. The van der Waals surface area contributed by atoms with Gasteiger partial charge in [-0.15, -0.1) is 0 Å². The second-order valence-corrected chi connectivity index (χ2v) is 8.32. The Balaban J connectivity index is 3.45. The fourth-order valence-electron chi connectivity index (χ4n) is 3.65. The molecule has 2 heteroatoms. The second kappa shape index (κ2) is 17.6. The molecule has 0 aliphatic heterocycles. The largest absolute Gasteiger partial charge is 0.338 e. The van der Waals surface area contributed by atoms with E-state index >= 15 is 0 Å². The molecule has 0 fully saturated rings. The molecular weight excluding hydrogens is 318 g/mol. The first kappa shape index (κ1) is 25.2. The van der Waals surface area contributed by atoms with Gasteiger partial charge in [0.1, 0.15) is 0 Å². The highest BCUT2D eigenvalue weighted by molar-refractivity contribution is 5.76. The van der Waals surface area contributed by atoms with Crippen molar-refractivity contribution in [2.45, 2.75) is 137 Å². The summed E-state index contributed by atoms with van der Waals surface area (Å²) in [5.41, 5.74) is 0.